The van der Waals surface area contributed by atoms with Gasteiger partial charge in [0, 0.05) is 13.1 Å². The van der Waals surface area contributed by atoms with Gasteiger partial charge >= 0.3 is 0 Å². The molecule has 0 aliphatic rings. The molecule has 5 nitrogen and oxygen atoms in total. The van der Waals surface area contributed by atoms with Crippen molar-refractivity contribution in [3.63, 3.8) is 0 Å². The maximum absolute atomic E-state index is 12.9. The van der Waals surface area contributed by atoms with Gasteiger partial charge in [-0.1, -0.05) is 36.8 Å². The summed E-state index contributed by atoms with van der Waals surface area (Å²) in [6, 6.07) is 10.9. The van der Waals surface area contributed by atoms with Crippen LogP contribution in [0.25, 0.3) is 0 Å². The lowest BCUT2D eigenvalue weighted by atomic mass is 10.2. The van der Waals surface area contributed by atoms with Crippen LogP contribution in [0.2, 0.25) is 0 Å². The molecule has 0 unspecified atom stereocenters. The number of hydrogen-bond acceptors (Lipinski definition) is 3. The first-order valence-electron chi connectivity index (χ1n) is 8.32. The molecule has 0 bridgehead atoms. The molecule has 140 valence electrons. The molecule has 0 atom stereocenters. The van der Waals surface area contributed by atoms with Crippen LogP contribution in [-0.2, 0) is 21.4 Å². The molecule has 0 saturated carbocycles. The predicted octanol–water partition coefficient (Wildman–Crippen LogP) is 2.77. The van der Waals surface area contributed by atoms with E-state index < -0.39 is 15.9 Å². The van der Waals surface area contributed by atoms with E-state index in [9.17, 15) is 17.6 Å². The van der Waals surface area contributed by atoms with Crippen LogP contribution in [0.5, 0.6) is 0 Å². The fraction of sp³-hybridized carbons (Fsp3) is 0.316. The smallest absolute Gasteiger partial charge is 0.243 e. The maximum atomic E-state index is 12.9. The standard InChI is InChI=1S/C19H23FN2O3S/c1-4-22(26(24,25)18-10-5-14(2)11-15(18)3)13-19(23)21-12-16-6-8-17(20)9-7-16/h5-11H,4,12-13H2,1-3H3,(H,21,23). The maximum Gasteiger partial charge on any atom is 0.243 e. The first kappa shape index (κ1) is 20.1. The van der Waals surface area contributed by atoms with Crippen molar-refractivity contribution in [3.8, 4) is 0 Å². The van der Waals surface area contributed by atoms with Gasteiger partial charge in [0.05, 0.1) is 11.4 Å². The molecule has 1 N–H and O–H groups in total. The van der Waals surface area contributed by atoms with Crippen LogP contribution in [0.4, 0.5) is 4.39 Å². The average molecular weight is 378 g/mol. The average Bonchev–Trinajstić information content (AvgIpc) is 2.58. The summed E-state index contributed by atoms with van der Waals surface area (Å²) in [5, 5.41) is 2.66. The molecule has 26 heavy (non-hydrogen) atoms. The SMILES string of the molecule is CCN(CC(=O)NCc1ccc(F)cc1)S(=O)(=O)c1ccc(C)cc1C. The fourth-order valence-corrected chi connectivity index (χ4v) is 4.22. The summed E-state index contributed by atoms with van der Waals surface area (Å²) < 4.78 is 39.7. The van der Waals surface area contributed by atoms with E-state index >= 15 is 0 Å². The van der Waals surface area contributed by atoms with Crippen molar-refractivity contribution in [2.24, 2.45) is 0 Å². The Labute approximate surface area is 153 Å². The lowest BCUT2D eigenvalue weighted by Gasteiger charge is -2.21. The highest BCUT2D eigenvalue weighted by atomic mass is 32.2. The number of benzene rings is 2. The van der Waals surface area contributed by atoms with Gasteiger partial charge < -0.3 is 5.32 Å². The molecule has 0 radical (unpaired) electrons. The molecule has 7 heteroatoms. The molecule has 0 aliphatic carbocycles. The van der Waals surface area contributed by atoms with Gasteiger partial charge in [0.25, 0.3) is 0 Å². The second-order valence-corrected chi connectivity index (χ2v) is 8.01. The Hall–Kier alpha value is -2.25. The summed E-state index contributed by atoms with van der Waals surface area (Å²) in [5.41, 5.74) is 2.36. The highest BCUT2D eigenvalue weighted by molar-refractivity contribution is 7.89. The zero-order chi connectivity index (χ0) is 19.3. The third-order valence-electron chi connectivity index (χ3n) is 4.02. The summed E-state index contributed by atoms with van der Waals surface area (Å²) >= 11 is 0. The third-order valence-corrected chi connectivity index (χ3v) is 6.10. The lowest BCUT2D eigenvalue weighted by Crippen LogP contribution is -2.40. The minimum absolute atomic E-state index is 0.180. The molecular weight excluding hydrogens is 355 g/mol. The van der Waals surface area contributed by atoms with E-state index in [4.69, 9.17) is 0 Å². The van der Waals surface area contributed by atoms with E-state index in [-0.39, 0.29) is 30.3 Å². The minimum atomic E-state index is -3.76. The Morgan fingerprint density at radius 1 is 1.12 bits per heavy atom. The minimum Gasteiger partial charge on any atom is -0.351 e. The fourth-order valence-electron chi connectivity index (χ4n) is 2.61. The quantitative estimate of drug-likeness (QED) is 0.806. The van der Waals surface area contributed by atoms with Gasteiger partial charge in [0.2, 0.25) is 15.9 Å². The number of nitrogens with one attached hydrogen (secondary N) is 1. The Kier molecular flexibility index (Phi) is 6.50. The molecule has 0 saturated heterocycles. The van der Waals surface area contributed by atoms with Crippen molar-refractivity contribution >= 4 is 15.9 Å². The van der Waals surface area contributed by atoms with Crippen LogP contribution in [0.3, 0.4) is 0 Å². The zero-order valence-electron chi connectivity index (χ0n) is 15.1. The summed E-state index contributed by atoms with van der Waals surface area (Å²) in [7, 11) is -3.76. The largest absolute Gasteiger partial charge is 0.351 e. The Morgan fingerprint density at radius 3 is 2.35 bits per heavy atom. The summed E-state index contributed by atoms with van der Waals surface area (Å²) in [4.78, 5) is 12.4. The first-order valence-corrected chi connectivity index (χ1v) is 9.76. The molecule has 2 aromatic rings. The molecule has 0 aliphatic heterocycles. The number of amides is 1. The van der Waals surface area contributed by atoms with E-state index in [1.807, 2.05) is 6.92 Å². The van der Waals surface area contributed by atoms with Crippen molar-refractivity contribution in [2.45, 2.75) is 32.2 Å². The number of aryl methyl sites for hydroxylation is 2. The van der Waals surface area contributed by atoms with Crippen molar-refractivity contribution in [2.75, 3.05) is 13.1 Å². The second-order valence-electron chi connectivity index (χ2n) is 6.10. The van der Waals surface area contributed by atoms with Crippen LogP contribution in [0.1, 0.15) is 23.6 Å². The lowest BCUT2D eigenvalue weighted by molar-refractivity contribution is -0.121. The van der Waals surface area contributed by atoms with E-state index in [0.717, 1.165) is 15.4 Å². The number of halogens is 1. The van der Waals surface area contributed by atoms with E-state index in [2.05, 4.69) is 5.32 Å². The van der Waals surface area contributed by atoms with Crippen LogP contribution in [0, 0.1) is 19.7 Å². The van der Waals surface area contributed by atoms with Gasteiger partial charge in [-0.3, -0.25) is 4.79 Å². The zero-order valence-corrected chi connectivity index (χ0v) is 15.9. The molecule has 0 fully saturated rings. The molecule has 0 aromatic heterocycles. The van der Waals surface area contributed by atoms with Crippen LogP contribution in [0.15, 0.2) is 47.4 Å². The van der Waals surface area contributed by atoms with Gasteiger partial charge in [-0.05, 0) is 43.2 Å². The van der Waals surface area contributed by atoms with Crippen molar-refractivity contribution < 1.29 is 17.6 Å². The number of carbonyl (C=O) groups excluding carboxylic acids is 1. The Bertz CT molecular complexity index is 880. The number of carbonyl (C=O) groups is 1. The molecule has 2 rings (SSSR count). The van der Waals surface area contributed by atoms with Crippen molar-refractivity contribution in [3.05, 3.63) is 65.0 Å². The molecule has 1 amide bonds. The molecule has 2 aromatic carbocycles. The first-order chi connectivity index (χ1) is 12.2. The van der Waals surface area contributed by atoms with Crippen molar-refractivity contribution in [1.82, 2.24) is 9.62 Å². The van der Waals surface area contributed by atoms with Crippen LogP contribution in [-0.4, -0.2) is 31.7 Å². The number of nitrogens with zero attached hydrogens (tertiary/aromatic N) is 1. The van der Waals surface area contributed by atoms with E-state index in [1.165, 1.54) is 12.1 Å². The van der Waals surface area contributed by atoms with Gasteiger partial charge in [-0.25, -0.2) is 12.8 Å². The number of likely N-dealkylation sites (N-methyl/N-ethyl adjacent to an activating group) is 1. The third kappa shape index (κ3) is 4.89. The highest BCUT2D eigenvalue weighted by Gasteiger charge is 2.26. The number of rotatable bonds is 7. The van der Waals surface area contributed by atoms with Gasteiger partial charge in [-0.15, -0.1) is 0 Å². The Morgan fingerprint density at radius 2 is 1.77 bits per heavy atom. The molecular formula is C19H23FN2O3S. The number of hydrogen-bond donors (Lipinski definition) is 1. The summed E-state index contributed by atoms with van der Waals surface area (Å²) in [5.74, 6) is -0.763. The van der Waals surface area contributed by atoms with E-state index in [0.29, 0.717) is 5.56 Å². The highest BCUT2D eigenvalue weighted by Crippen LogP contribution is 2.20. The Balaban J connectivity index is 2.07. The predicted molar refractivity (Wildman–Crippen MR) is 98.6 cm³/mol. The van der Waals surface area contributed by atoms with Crippen LogP contribution >= 0.6 is 0 Å². The van der Waals surface area contributed by atoms with Gasteiger partial charge in [-0.2, -0.15) is 4.31 Å². The second kappa shape index (κ2) is 8.42. The summed E-state index contributed by atoms with van der Waals surface area (Å²) in [6.07, 6.45) is 0. The van der Waals surface area contributed by atoms with E-state index in [1.54, 1.807) is 44.2 Å². The monoisotopic (exact) mass is 378 g/mol. The van der Waals surface area contributed by atoms with Crippen molar-refractivity contribution in [1.29, 1.82) is 0 Å². The summed E-state index contributed by atoms with van der Waals surface area (Å²) in [6.45, 7) is 5.44. The van der Waals surface area contributed by atoms with Gasteiger partial charge in [0.1, 0.15) is 5.82 Å². The van der Waals surface area contributed by atoms with Crippen LogP contribution < -0.4 is 5.32 Å². The number of sulfonamides is 1. The van der Waals surface area contributed by atoms with Gasteiger partial charge in [0.15, 0.2) is 0 Å². The normalized spacial score (nSPS) is 11.6. The topological polar surface area (TPSA) is 66.5 Å². The molecule has 0 heterocycles. The molecule has 0 spiro atoms.